The standard InChI is InChI=1S/C20H28N4O3S/c1-14(2)11-17-13-18(22-21-17)20(25)23-7-9-24(10-8-23)28(26,27)19-6-5-15(3)12-16(19)4/h5-6,12-14H,7-11H2,1-4H3,(H,21,22). The predicted octanol–water partition coefficient (Wildman–Crippen LogP) is 2.37. The van der Waals surface area contributed by atoms with Crippen molar-refractivity contribution in [3.63, 3.8) is 0 Å². The van der Waals surface area contributed by atoms with Gasteiger partial charge < -0.3 is 4.90 Å². The van der Waals surface area contributed by atoms with E-state index in [0.29, 0.717) is 29.6 Å². The lowest BCUT2D eigenvalue weighted by atomic mass is 10.1. The Hall–Kier alpha value is -2.19. The highest BCUT2D eigenvalue weighted by molar-refractivity contribution is 7.89. The highest BCUT2D eigenvalue weighted by atomic mass is 32.2. The number of piperazine rings is 1. The Morgan fingerprint density at radius 3 is 2.43 bits per heavy atom. The molecule has 0 saturated carbocycles. The molecule has 1 aliphatic rings. The van der Waals surface area contributed by atoms with Gasteiger partial charge in [-0.15, -0.1) is 0 Å². The number of benzene rings is 1. The van der Waals surface area contributed by atoms with E-state index in [0.717, 1.165) is 23.2 Å². The van der Waals surface area contributed by atoms with E-state index < -0.39 is 10.0 Å². The van der Waals surface area contributed by atoms with Gasteiger partial charge in [0, 0.05) is 31.9 Å². The number of aromatic amines is 1. The Kier molecular flexibility index (Phi) is 5.90. The van der Waals surface area contributed by atoms with Crippen molar-refractivity contribution in [1.29, 1.82) is 0 Å². The monoisotopic (exact) mass is 404 g/mol. The topological polar surface area (TPSA) is 86.4 Å². The number of carbonyl (C=O) groups is 1. The number of hydrogen-bond donors (Lipinski definition) is 1. The molecule has 2 heterocycles. The minimum absolute atomic E-state index is 0.158. The molecule has 1 amide bonds. The molecule has 152 valence electrons. The van der Waals surface area contributed by atoms with Crippen molar-refractivity contribution in [2.45, 2.75) is 39.0 Å². The lowest BCUT2D eigenvalue weighted by molar-refractivity contribution is 0.0692. The van der Waals surface area contributed by atoms with Crippen LogP contribution in [0, 0.1) is 19.8 Å². The minimum Gasteiger partial charge on any atom is -0.335 e. The number of aromatic nitrogens is 2. The van der Waals surface area contributed by atoms with Crippen LogP contribution >= 0.6 is 0 Å². The van der Waals surface area contributed by atoms with Crippen LogP contribution in [-0.2, 0) is 16.4 Å². The van der Waals surface area contributed by atoms with Crippen molar-refractivity contribution in [3.05, 3.63) is 46.8 Å². The quantitative estimate of drug-likeness (QED) is 0.829. The predicted molar refractivity (Wildman–Crippen MR) is 108 cm³/mol. The maximum absolute atomic E-state index is 13.0. The fourth-order valence-electron chi connectivity index (χ4n) is 3.54. The number of rotatable bonds is 5. The number of nitrogens with zero attached hydrogens (tertiary/aromatic N) is 3. The van der Waals surface area contributed by atoms with E-state index in [1.165, 1.54) is 4.31 Å². The summed E-state index contributed by atoms with van der Waals surface area (Å²) in [6, 6.07) is 7.14. The molecule has 28 heavy (non-hydrogen) atoms. The number of H-pyrrole nitrogens is 1. The number of sulfonamides is 1. The largest absolute Gasteiger partial charge is 0.335 e. The van der Waals surface area contributed by atoms with Crippen LogP contribution in [-0.4, -0.2) is 59.9 Å². The summed E-state index contributed by atoms with van der Waals surface area (Å²) in [5.41, 5.74) is 3.10. The van der Waals surface area contributed by atoms with Crippen LogP contribution in [0.25, 0.3) is 0 Å². The van der Waals surface area contributed by atoms with E-state index in [2.05, 4.69) is 24.0 Å². The average molecular weight is 405 g/mol. The average Bonchev–Trinajstić information content (AvgIpc) is 3.08. The smallest absolute Gasteiger partial charge is 0.274 e. The molecule has 3 rings (SSSR count). The number of nitrogens with one attached hydrogen (secondary N) is 1. The first kappa shape index (κ1) is 20.5. The van der Waals surface area contributed by atoms with E-state index in [1.54, 1.807) is 17.0 Å². The molecule has 0 aliphatic carbocycles. The molecule has 1 saturated heterocycles. The highest BCUT2D eigenvalue weighted by Gasteiger charge is 2.31. The fourth-order valence-corrected chi connectivity index (χ4v) is 5.16. The Morgan fingerprint density at radius 1 is 1.14 bits per heavy atom. The second-order valence-electron chi connectivity index (χ2n) is 7.84. The summed E-state index contributed by atoms with van der Waals surface area (Å²) in [7, 11) is -3.56. The van der Waals surface area contributed by atoms with E-state index in [-0.39, 0.29) is 19.0 Å². The SMILES string of the molecule is Cc1ccc(S(=O)(=O)N2CCN(C(=O)c3cc(CC(C)C)[nH]n3)CC2)c(C)c1. The molecule has 0 radical (unpaired) electrons. The number of hydrogen-bond acceptors (Lipinski definition) is 4. The molecule has 1 N–H and O–H groups in total. The van der Waals surface area contributed by atoms with Gasteiger partial charge in [-0.05, 0) is 43.9 Å². The molecule has 1 aliphatic heterocycles. The van der Waals surface area contributed by atoms with Gasteiger partial charge in [0.25, 0.3) is 5.91 Å². The maximum atomic E-state index is 13.0. The second-order valence-corrected chi connectivity index (χ2v) is 9.75. The van der Waals surface area contributed by atoms with Crippen LogP contribution < -0.4 is 0 Å². The molecule has 0 bridgehead atoms. The Labute approximate surface area is 166 Å². The molecule has 0 unspecified atom stereocenters. The first-order valence-corrected chi connectivity index (χ1v) is 11.0. The van der Waals surface area contributed by atoms with Gasteiger partial charge in [0.05, 0.1) is 4.90 Å². The van der Waals surface area contributed by atoms with Crippen LogP contribution in [0.1, 0.15) is 41.2 Å². The first-order chi connectivity index (χ1) is 13.2. The minimum atomic E-state index is -3.56. The first-order valence-electron chi connectivity index (χ1n) is 9.59. The lowest BCUT2D eigenvalue weighted by Crippen LogP contribution is -2.50. The Balaban J connectivity index is 1.66. The molecule has 0 spiro atoms. The van der Waals surface area contributed by atoms with E-state index >= 15 is 0 Å². The third-order valence-electron chi connectivity index (χ3n) is 4.95. The lowest BCUT2D eigenvalue weighted by Gasteiger charge is -2.33. The zero-order chi connectivity index (χ0) is 20.5. The van der Waals surface area contributed by atoms with Gasteiger partial charge in [-0.1, -0.05) is 31.5 Å². The van der Waals surface area contributed by atoms with Gasteiger partial charge in [0.1, 0.15) is 5.69 Å². The summed E-state index contributed by atoms with van der Waals surface area (Å²) in [6.45, 7) is 9.25. The summed E-state index contributed by atoms with van der Waals surface area (Å²) in [6.07, 6.45) is 0.836. The van der Waals surface area contributed by atoms with Crippen molar-refractivity contribution in [2.24, 2.45) is 5.92 Å². The normalized spacial score (nSPS) is 16.0. The van der Waals surface area contributed by atoms with Crippen LogP contribution in [0.15, 0.2) is 29.2 Å². The van der Waals surface area contributed by atoms with E-state index in [1.807, 2.05) is 26.0 Å². The summed E-state index contributed by atoms with van der Waals surface area (Å²) in [4.78, 5) is 14.7. The summed E-state index contributed by atoms with van der Waals surface area (Å²) < 4.78 is 27.4. The molecular weight excluding hydrogens is 376 g/mol. The molecule has 1 fully saturated rings. The maximum Gasteiger partial charge on any atom is 0.274 e. The summed E-state index contributed by atoms with van der Waals surface area (Å²) in [5.74, 6) is 0.317. The molecule has 2 aromatic rings. The molecule has 8 heteroatoms. The molecule has 1 aromatic heterocycles. The number of aryl methyl sites for hydroxylation is 2. The van der Waals surface area contributed by atoms with Crippen molar-refractivity contribution >= 4 is 15.9 Å². The van der Waals surface area contributed by atoms with E-state index in [9.17, 15) is 13.2 Å². The van der Waals surface area contributed by atoms with Gasteiger partial charge in [0.15, 0.2) is 0 Å². The van der Waals surface area contributed by atoms with Crippen LogP contribution in [0.2, 0.25) is 0 Å². The zero-order valence-corrected chi connectivity index (χ0v) is 17.7. The molecule has 0 atom stereocenters. The van der Waals surface area contributed by atoms with Gasteiger partial charge in [-0.2, -0.15) is 9.40 Å². The highest BCUT2D eigenvalue weighted by Crippen LogP contribution is 2.22. The summed E-state index contributed by atoms with van der Waals surface area (Å²) in [5, 5.41) is 7.05. The zero-order valence-electron chi connectivity index (χ0n) is 16.9. The summed E-state index contributed by atoms with van der Waals surface area (Å²) >= 11 is 0. The van der Waals surface area contributed by atoms with Gasteiger partial charge in [-0.25, -0.2) is 8.42 Å². The van der Waals surface area contributed by atoms with Crippen LogP contribution in [0.3, 0.4) is 0 Å². The van der Waals surface area contributed by atoms with Crippen molar-refractivity contribution < 1.29 is 13.2 Å². The van der Waals surface area contributed by atoms with Gasteiger partial charge in [-0.3, -0.25) is 9.89 Å². The van der Waals surface area contributed by atoms with Crippen molar-refractivity contribution in [2.75, 3.05) is 26.2 Å². The van der Waals surface area contributed by atoms with Crippen LogP contribution in [0.5, 0.6) is 0 Å². The fraction of sp³-hybridized carbons (Fsp3) is 0.500. The molecule has 7 nitrogen and oxygen atoms in total. The molecule has 1 aromatic carbocycles. The third-order valence-corrected chi connectivity index (χ3v) is 7.01. The number of amides is 1. The van der Waals surface area contributed by atoms with Gasteiger partial charge in [0.2, 0.25) is 10.0 Å². The Bertz CT molecular complexity index is 958. The third kappa shape index (κ3) is 4.28. The molecular formula is C20H28N4O3S. The second kappa shape index (κ2) is 8.05. The van der Waals surface area contributed by atoms with Crippen molar-refractivity contribution in [1.82, 2.24) is 19.4 Å². The Morgan fingerprint density at radius 2 is 1.82 bits per heavy atom. The van der Waals surface area contributed by atoms with E-state index in [4.69, 9.17) is 0 Å². The van der Waals surface area contributed by atoms with Crippen molar-refractivity contribution in [3.8, 4) is 0 Å². The number of carbonyl (C=O) groups excluding carboxylic acids is 1. The van der Waals surface area contributed by atoms with Crippen LogP contribution in [0.4, 0.5) is 0 Å². The van der Waals surface area contributed by atoms with Gasteiger partial charge >= 0.3 is 0 Å².